The molecule has 0 radical (unpaired) electrons. The smallest absolute Gasteiger partial charge is 0.163 e. The lowest BCUT2D eigenvalue weighted by Crippen LogP contribution is -2.19. The van der Waals surface area contributed by atoms with E-state index >= 15 is 0 Å². The molecule has 19 heavy (non-hydrogen) atoms. The number of nitrogens with two attached hydrogens (primary N) is 1. The van der Waals surface area contributed by atoms with Crippen molar-refractivity contribution in [2.24, 2.45) is 11.7 Å². The maximum absolute atomic E-state index is 6.20. The first kappa shape index (κ1) is 13.7. The summed E-state index contributed by atoms with van der Waals surface area (Å²) in [6, 6.07) is 3.65. The predicted molar refractivity (Wildman–Crippen MR) is 75.6 cm³/mol. The highest BCUT2D eigenvalue weighted by atomic mass is 16.5. The van der Waals surface area contributed by atoms with E-state index in [2.05, 4.69) is 23.8 Å². The van der Waals surface area contributed by atoms with Crippen molar-refractivity contribution < 1.29 is 9.47 Å². The number of benzene rings is 1. The van der Waals surface area contributed by atoms with E-state index in [1.165, 1.54) is 0 Å². The minimum Gasteiger partial charge on any atom is -0.493 e. The molecule has 1 aromatic heterocycles. The highest BCUT2D eigenvalue weighted by Crippen LogP contribution is 2.32. The third kappa shape index (κ3) is 2.51. The molecule has 5 heteroatoms. The van der Waals surface area contributed by atoms with Crippen LogP contribution in [0, 0.1) is 5.92 Å². The van der Waals surface area contributed by atoms with Crippen LogP contribution in [0.1, 0.15) is 32.1 Å². The Morgan fingerprint density at radius 1 is 1.26 bits per heavy atom. The summed E-state index contributed by atoms with van der Waals surface area (Å²) >= 11 is 0. The van der Waals surface area contributed by atoms with Crippen molar-refractivity contribution in [2.75, 3.05) is 14.2 Å². The topological polar surface area (TPSA) is 73.2 Å². The first-order valence-electron chi connectivity index (χ1n) is 6.47. The second-order valence-electron chi connectivity index (χ2n) is 4.76. The lowest BCUT2D eigenvalue weighted by Gasteiger charge is -2.15. The van der Waals surface area contributed by atoms with E-state index in [1.54, 1.807) is 14.2 Å². The Labute approximate surface area is 113 Å². The zero-order valence-corrected chi connectivity index (χ0v) is 11.9. The van der Waals surface area contributed by atoms with Gasteiger partial charge in [0.05, 0.1) is 31.3 Å². The molecule has 0 spiro atoms. The molecule has 3 N–H and O–H groups in total. The van der Waals surface area contributed by atoms with Gasteiger partial charge in [0.25, 0.3) is 0 Å². The third-order valence-corrected chi connectivity index (χ3v) is 3.58. The number of methoxy groups -OCH3 is 2. The molecule has 0 fully saturated rings. The normalized spacial score (nSPS) is 14.4. The van der Waals surface area contributed by atoms with Gasteiger partial charge in [-0.25, -0.2) is 4.98 Å². The average molecular weight is 263 g/mol. The van der Waals surface area contributed by atoms with Crippen molar-refractivity contribution in [1.82, 2.24) is 9.97 Å². The third-order valence-electron chi connectivity index (χ3n) is 3.58. The van der Waals surface area contributed by atoms with Crippen molar-refractivity contribution in [3.63, 3.8) is 0 Å². The van der Waals surface area contributed by atoms with Gasteiger partial charge in [0.15, 0.2) is 11.5 Å². The summed E-state index contributed by atoms with van der Waals surface area (Å²) in [4.78, 5) is 7.81. The van der Waals surface area contributed by atoms with Crippen LogP contribution in [-0.2, 0) is 0 Å². The van der Waals surface area contributed by atoms with Gasteiger partial charge in [-0.3, -0.25) is 0 Å². The number of rotatable bonds is 5. The van der Waals surface area contributed by atoms with Crippen LogP contribution < -0.4 is 15.2 Å². The highest BCUT2D eigenvalue weighted by Gasteiger charge is 2.18. The predicted octanol–water partition coefficient (Wildman–Crippen LogP) is 2.63. The minimum atomic E-state index is -0.0885. The first-order chi connectivity index (χ1) is 9.10. The van der Waals surface area contributed by atoms with Gasteiger partial charge in [-0.2, -0.15) is 0 Å². The Morgan fingerprint density at radius 3 is 2.47 bits per heavy atom. The molecule has 104 valence electrons. The molecule has 0 aliphatic carbocycles. The highest BCUT2D eigenvalue weighted by molar-refractivity contribution is 5.79. The summed E-state index contributed by atoms with van der Waals surface area (Å²) in [7, 11) is 3.23. The summed E-state index contributed by atoms with van der Waals surface area (Å²) in [5.41, 5.74) is 7.95. The van der Waals surface area contributed by atoms with Gasteiger partial charge in [0.1, 0.15) is 5.82 Å². The molecule has 0 saturated carbocycles. The van der Waals surface area contributed by atoms with Gasteiger partial charge in [0.2, 0.25) is 0 Å². The van der Waals surface area contributed by atoms with E-state index in [1.807, 2.05) is 12.1 Å². The number of H-pyrrole nitrogens is 1. The number of imidazole rings is 1. The molecule has 0 aliphatic heterocycles. The van der Waals surface area contributed by atoms with Crippen LogP contribution >= 0.6 is 0 Å². The fourth-order valence-corrected chi connectivity index (χ4v) is 2.04. The number of nitrogens with zero attached hydrogens (tertiary/aromatic N) is 1. The summed E-state index contributed by atoms with van der Waals surface area (Å²) in [5, 5.41) is 0. The largest absolute Gasteiger partial charge is 0.493 e. The van der Waals surface area contributed by atoms with Crippen LogP contribution in [0.15, 0.2) is 12.1 Å². The second kappa shape index (κ2) is 5.48. The molecule has 5 nitrogen and oxygen atoms in total. The minimum absolute atomic E-state index is 0.0885. The van der Waals surface area contributed by atoms with Crippen molar-refractivity contribution in [3.05, 3.63) is 18.0 Å². The standard InChI is InChI=1S/C14H21N3O2/c1-5-8(2)13(15)14-16-9-6-11(18-3)12(19-4)7-10(9)17-14/h6-8,13H,5,15H2,1-4H3,(H,16,17). The lowest BCUT2D eigenvalue weighted by molar-refractivity contribution is 0.356. The summed E-state index contributed by atoms with van der Waals surface area (Å²) < 4.78 is 10.6. The van der Waals surface area contributed by atoms with Crippen LogP contribution in [0.25, 0.3) is 11.0 Å². The molecule has 1 aromatic carbocycles. The van der Waals surface area contributed by atoms with Crippen LogP contribution in [0.5, 0.6) is 11.5 Å². The molecule has 2 aromatic rings. The molecule has 0 bridgehead atoms. The van der Waals surface area contributed by atoms with Crippen LogP contribution in [0.2, 0.25) is 0 Å². The van der Waals surface area contributed by atoms with E-state index in [0.717, 1.165) is 23.3 Å². The molecular formula is C14H21N3O2. The SMILES string of the molecule is CCC(C)C(N)c1nc2cc(OC)c(OC)cc2[nH]1. The Kier molecular flexibility index (Phi) is 3.95. The summed E-state index contributed by atoms with van der Waals surface area (Å²) in [5.74, 6) is 2.54. The fraction of sp³-hybridized carbons (Fsp3) is 0.500. The Bertz CT molecular complexity index is 524. The molecule has 2 rings (SSSR count). The number of ether oxygens (including phenoxy) is 2. The molecule has 0 aliphatic rings. The number of aromatic amines is 1. The second-order valence-corrected chi connectivity index (χ2v) is 4.76. The van der Waals surface area contributed by atoms with Gasteiger partial charge in [-0.15, -0.1) is 0 Å². The Morgan fingerprint density at radius 2 is 1.89 bits per heavy atom. The quantitative estimate of drug-likeness (QED) is 0.869. The Balaban J connectivity index is 2.45. The zero-order chi connectivity index (χ0) is 14.0. The number of hydrogen-bond acceptors (Lipinski definition) is 4. The molecule has 0 saturated heterocycles. The van der Waals surface area contributed by atoms with E-state index < -0.39 is 0 Å². The van der Waals surface area contributed by atoms with Crippen molar-refractivity contribution in [2.45, 2.75) is 26.3 Å². The van der Waals surface area contributed by atoms with E-state index in [9.17, 15) is 0 Å². The van der Waals surface area contributed by atoms with Crippen LogP contribution in [0.4, 0.5) is 0 Å². The number of nitrogens with one attached hydrogen (secondary N) is 1. The zero-order valence-electron chi connectivity index (χ0n) is 11.9. The molecule has 0 amide bonds. The van der Waals surface area contributed by atoms with E-state index in [0.29, 0.717) is 17.4 Å². The summed E-state index contributed by atoms with van der Waals surface area (Å²) in [6.07, 6.45) is 1.02. The number of aromatic nitrogens is 2. The van der Waals surface area contributed by atoms with Crippen molar-refractivity contribution in [1.29, 1.82) is 0 Å². The average Bonchev–Trinajstić information content (AvgIpc) is 2.86. The number of fused-ring (bicyclic) bond motifs is 1. The van der Waals surface area contributed by atoms with Crippen molar-refractivity contribution >= 4 is 11.0 Å². The van der Waals surface area contributed by atoms with Gasteiger partial charge in [-0.05, 0) is 5.92 Å². The lowest BCUT2D eigenvalue weighted by atomic mass is 10.00. The van der Waals surface area contributed by atoms with Crippen molar-refractivity contribution in [3.8, 4) is 11.5 Å². The monoisotopic (exact) mass is 263 g/mol. The van der Waals surface area contributed by atoms with Crippen LogP contribution in [-0.4, -0.2) is 24.2 Å². The van der Waals surface area contributed by atoms with Gasteiger partial charge in [0, 0.05) is 12.1 Å². The summed E-state index contributed by atoms with van der Waals surface area (Å²) in [6.45, 7) is 4.25. The van der Waals surface area contributed by atoms with Gasteiger partial charge >= 0.3 is 0 Å². The van der Waals surface area contributed by atoms with E-state index in [4.69, 9.17) is 15.2 Å². The maximum Gasteiger partial charge on any atom is 0.163 e. The maximum atomic E-state index is 6.20. The molecule has 2 unspecified atom stereocenters. The van der Waals surface area contributed by atoms with Crippen LogP contribution in [0.3, 0.4) is 0 Å². The van der Waals surface area contributed by atoms with Gasteiger partial charge in [-0.1, -0.05) is 20.3 Å². The van der Waals surface area contributed by atoms with E-state index in [-0.39, 0.29) is 6.04 Å². The molecule has 1 heterocycles. The van der Waals surface area contributed by atoms with Gasteiger partial charge < -0.3 is 20.2 Å². The molecular weight excluding hydrogens is 242 g/mol. The number of hydrogen-bond donors (Lipinski definition) is 2. The molecule has 2 atom stereocenters. The first-order valence-corrected chi connectivity index (χ1v) is 6.47. The Hall–Kier alpha value is -1.75. The fourth-order valence-electron chi connectivity index (χ4n) is 2.04.